The third kappa shape index (κ3) is 5.58. The number of allylic oxidation sites excluding steroid dienone is 1. The maximum Gasteiger partial charge on any atom is 0.251 e. The summed E-state index contributed by atoms with van der Waals surface area (Å²) < 4.78 is 8.68. The van der Waals surface area contributed by atoms with E-state index in [2.05, 4.69) is 26.0 Å². The Balaban J connectivity index is 1.43. The first kappa shape index (κ1) is 25.9. The van der Waals surface area contributed by atoms with E-state index >= 15 is 0 Å². The number of likely N-dealkylation sites (tertiary alicyclic amines) is 1. The summed E-state index contributed by atoms with van der Waals surface area (Å²) in [5.74, 6) is 0.593. The molecule has 4 aromatic rings. The summed E-state index contributed by atoms with van der Waals surface area (Å²) in [5.41, 5.74) is 10.5. The maximum atomic E-state index is 13.4. The number of ether oxygens (including phenoxy) is 1. The molecule has 2 N–H and O–H groups in total. The van der Waals surface area contributed by atoms with E-state index in [4.69, 9.17) is 10.5 Å². The van der Waals surface area contributed by atoms with Gasteiger partial charge in [0.25, 0.3) is 5.56 Å². The van der Waals surface area contributed by atoms with Crippen molar-refractivity contribution in [3.63, 3.8) is 0 Å². The highest BCUT2D eigenvalue weighted by atomic mass is 16.5. The molecule has 1 atom stereocenters. The summed E-state index contributed by atoms with van der Waals surface area (Å²) in [6.45, 7) is 2.50. The lowest BCUT2D eigenvalue weighted by atomic mass is 9.97. The van der Waals surface area contributed by atoms with Crippen LogP contribution in [0, 0.1) is 11.3 Å². The molecule has 0 amide bonds. The average molecular weight is 523 g/mol. The fraction of sp³-hybridized carbons (Fsp3) is 0.276. The van der Waals surface area contributed by atoms with E-state index in [0.717, 1.165) is 49.2 Å². The monoisotopic (exact) mass is 522 g/mol. The summed E-state index contributed by atoms with van der Waals surface area (Å²) in [4.78, 5) is 24.6. The molecule has 1 unspecified atom stereocenters. The Kier molecular flexibility index (Phi) is 7.52. The highest BCUT2D eigenvalue weighted by molar-refractivity contribution is 5.86. The summed E-state index contributed by atoms with van der Waals surface area (Å²) in [6, 6.07) is 11.5. The van der Waals surface area contributed by atoms with Gasteiger partial charge in [0.05, 0.1) is 24.6 Å². The van der Waals surface area contributed by atoms with Crippen LogP contribution in [-0.2, 0) is 13.6 Å². The quantitative estimate of drug-likeness (QED) is 0.366. The molecule has 4 aromatic heterocycles. The van der Waals surface area contributed by atoms with Crippen LogP contribution in [0.1, 0.15) is 30.1 Å². The Morgan fingerprint density at radius 2 is 2.05 bits per heavy atom. The van der Waals surface area contributed by atoms with Crippen molar-refractivity contribution >= 4 is 5.57 Å². The number of aryl methyl sites for hydroxylation is 1. The van der Waals surface area contributed by atoms with Gasteiger partial charge in [-0.05, 0) is 42.6 Å². The second-order valence-corrected chi connectivity index (χ2v) is 9.62. The van der Waals surface area contributed by atoms with Crippen LogP contribution in [0.3, 0.4) is 0 Å². The molecule has 5 heterocycles. The highest BCUT2D eigenvalue weighted by Gasteiger charge is 2.23. The van der Waals surface area contributed by atoms with Crippen LogP contribution in [0.4, 0.5) is 0 Å². The van der Waals surface area contributed by atoms with Crippen LogP contribution >= 0.6 is 0 Å². The first-order chi connectivity index (χ1) is 19.0. The van der Waals surface area contributed by atoms with Gasteiger partial charge in [0.2, 0.25) is 5.88 Å². The first-order valence-corrected chi connectivity index (χ1v) is 12.7. The molecule has 0 bridgehead atoms. The molecule has 0 aliphatic carbocycles. The Morgan fingerprint density at radius 1 is 1.18 bits per heavy atom. The number of rotatable bonds is 7. The number of pyridine rings is 3. The molecule has 0 aromatic carbocycles. The summed E-state index contributed by atoms with van der Waals surface area (Å²) in [7, 11) is 3.45. The van der Waals surface area contributed by atoms with Gasteiger partial charge in [-0.2, -0.15) is 10.4 Å². The minimum absolute atomic E-state index is 0.0597. The number of methoxy groups -OCH3 is 1. The zero-order valence-electron chi connectivity index (χ0n) is 22.0. The third-order valence-electron chi connectivity index (χ3n) is 7.01. The van der Waals surface area contributed by atoms with Gasteiger partial charge >= 0.3 is 0 Å². The Bertz CT molecular complexity index is 1600. The lowest BCUT2D eigenvalue weighted by Gasteiger charge is -2.33. The van der Waals surface area contributed by atoms with Gasteiger partial charge in [0.1, 0.15) is 6.07 Å². The highest BCUT2D eigenvalue weighted by Crippen LogP contribution is 2.31. The van der Waals surface area contributed by atoms with Crippen LogP contribution in [0.5, 0.6) is 5.88 Å². The van der Waals surface area contributed by atoms with E-state index in [1.54, 1.807) is 30.3 Å². The largest absolute Gasteiger partial charge is 0.481 e. The molecule has 10 nitrogen and oxygen atoms in total. The molecule has 0 spiro atoms. The predicted molar refractivity (Wildman–Crippen MR) is 148 cm³/mol. The van der Waals surface area contributed by atoms with E-state index in [9.17, 15) is 10.1 Å². The third-order valence-corrected chi connectivity index (χ3v) is 7.01. The normalized spacial score (nSPS) is 16.1. The number of hydrogen-bond donors (Lipinski definition) is 1. The summed E-state index contributed by atoms with van der Waals surface area (Å²) in [5, 5.41) is 13.9. The van der Waals surface area contributed by atoms with E-state index in [1.165, 1.54) is 6.20 Å². The number of hydrogen-bond acceptors (Lipinski definition) is 8. The van der Waals surface area contributed by atoms with Crippen LogP contribution in [0.25, 0.3) is 27.8 Å². The number of nitrogens with two attached hydrogens (primary N) is 1. The van der Waals surface area contributed by atoms with Crippen molar-refractivity contribution in [2.75, 3.05) is 20.2 Å². The second-order valence-electron chi connectivity index (χ2n) is 9.62. The Hall–Kier alpha value is -4.75. The first-order valence-electron chi connectivity index (χ1n) is 12.7. The molecule has 1 aliphatic rings. The van der Waals surface area contributed by atoms with Gasteiger partial charge in [-0.3, -0.25) is 19.4 Å². The number of aromatic nitrogens is 5. The molecule has 39 heavy (non-hydrogen) atoms. The predicted octanol–water partition coefficient (Wildman–Crippen LogP) is 3.37. The maximum absolute atomic E-state index is 13.4. The zero-order valence-corrected chi connectivity index (χ0v) is 22.0. The molecule has 0 radical (unpaired) electrons. The van der Waals surface area contributed by atoms with Crippen molar-refractivity contribution in [2.24, 2.45) is 12.8 Å². The van der Waals surface area contributed by atoms with Gasteiger partial charge in [0, 0.05) is 86.0 Å². The number of nitriles is 1. The van der Waals surface area contributed by atoms with E-state index in [-0.39, 0.29) is 17.2 Å². The minimum atomic E-state index is -0.0987. The smallest absolute Gasteiger partial charge is 0.251 e. The van der Waals surface area contributed by atoms with Crippen LogP contribution in [0.15, 0.2) is 72.3 Å². The van der Waals surface area contributed by atoms with E-state index in [0.29, 0.717) is 22.7 Å². The lowest BCUT2D eigenvalue weighted by molar-refractivity contribution is 0.168. The van der Waals surface area contributed by atoms with E-state index in [1.807, 2.05) is 54.5 Å². The number of nitrogens with zero attached hydrogens (tertiary/aromatic N) is 7. The van der Waals surface area contributed by atoms with Crippen molar-refractivity contribution in [3.8, 4) is 34.2 Å². The van der Waals surface area contributed by atoms with Gasteiger partial charge in [-0.15, -0.1) is 0 Å². The van der Waals surface area contributed by atoms with Crippen LogP contribution in [-0.4, -0.2) is 49.4 Å². The SMILES string of the molecule is COc1ccc(CN2CCCC(n3ccc(-c4cc(-c5cnn(C)c5)cnc4C(C#N)=CN)cc3=O)C2)cn1. The fourth-order valence-corrected chi connectivity index (χ4v) is 5.04. The fourth-order valence-electron chi connectivity index (χ4n) is 5.04. The number of piperidine rings is 1. The molecule has 10 heteroatoms. The summed E-state index contributed by atoms with van der Waals surface area (Å²) >= 11 is 0. The van der Waals surface area contributed by atoms with Crippen LogP contribution in [0.2, 0.25) is 0 Å². The van der Waals surface area contributed by atoms with Crippen molar-refractivity contribution < 1.29 is 4.74 Å². The Morgan fingerprint density at radius 3 is 2.72 bits per heavy atom. The molecule has 1 saturated heterocycles. The standard InChI is InChI=1S/C29H30N8O2/c1-35-18-24(16-34-35)22-10-26(29(33-15-22)23(12-30)13-31)21-7-9-37(28(38)11-21)25-4-3-8-36(19-25)17-20-5-6-27(39-2)32-14-20/h5-7,9-12,14-16,18,25H,3-4,8,17,19,30H2,1-2H3. The van der Waals surface area contributed by atoms with Crippen molar-refractivity contribution in [1.82, 2.24) is 29.2 Å². The molecule has 5 rings (SSSR count). The molecule has 1 aliphatic heterocycles. The molecule has 0 saturated carbocycles. The Labute approximate surface area is 226 Å². The molecular formula is C29H30N8O2. The molecule has 1 fully saturated rings. The van der Waals surface area contributed by atoms with Crippen molar-refractivity contribution in [1.29, 1.82) is 5.26 Å². The van der Waals surface area contributed by atoms with E-state index < -0.39 is 0 Å². The molecule has 198 valence electrons. The van der Waals surface area contributed by atoms with Gasteiger partial charge in [-0.25, -0.2) is 4.98 Å². The van der Waals surface area contributed by atoms with Crippen molar-refractivity contribution in [3.05, 3.63) is 89.1 Å². The average Bonchev–Trinajstić information content (AvgIpc) is 3.40. The van der Waals surface area contributed by atoms with Crippen molar-refractivity contribution in [2.45, 2.75) is 25.4 Å². The van der Waals surface area contributed by atoms with Gasteiger partial charge in [-0.1, -0.05) is 6.07 Å². The zero-order chi connectivity index (χ0) is 27.4. The van der Waals surface area contributed by atoms with Crippen LogP contribution < -0.4 is 16.0 Å². The molecular weight excluding hydrogens is 492 g/mol. The lowest BCUT2D eigenvalue weighted by Crippen LogP contribution is -2.39. The van der Waals surface area contributed by atoms with Gasteiger partial charge in [0.15, 0.2) is 0 Å². The van der Waals surface area contributed by atoms with Gasteiger partial charge < -0.3 is 15.0 Å². The minimum Gasteiger partial charge on any atom is -0.481 e. The second kappa shape index (κ2) is 11.3. The summed E-state index contributed by atoms with van der Waals surface area (Å²) in [6.07, 6.45) is 12.2. The topological polar surface area (TPSA) is 128 Å².